The third kappa shape index (κ3) is 7.38. The first-order valence-electron chi connectivity index (χ1n) is 11.8. The molecule has 2 nitrogen and oxygen atoms in total. The molecule has 0 N–H and O–H groups in total. The maximum atomic E-state index is 6.26. The number of rotatable bonds is 11. The molecule has 4 rings (SSSR count). The third-order valence-corrected chi connectivity index (χ3v) is 6.42. The maximum Gasteiger partial charge on any atom is 0.119 e. The molecule has 0 aliphatic heterocycles. The van der Waals surface area contributed by atoms with Crippen LogP contribution in [0.3, 0.4) is 0 Å². The molecule has 0 spiro atoms. The van der Waals surface area contributed by atoms with E-state index in [1.165, 1.54) is 0 Å². The van der Waals surface area contributed by atoms with Gasteiger partial charge >= 0.3 is 0 Å². The first-order chi connectivity index (χ1) is 17.6. The van der Waals surface area contributed by atoms with Crippen LogP contribution in [-0.2, 0) is 11.3 Å². The van der Waals surface area contributed by atoms with E-state index in [1.807, 2.05) is 91.0 Å². The summed E-state index contributed by atoms with van der Waals surface area (Å²) in [5.74, 6) is 1.29. The van der Waals surface area contributed by atoms with Gasteiger partial charge < -0.3 is 9.47 Å². The standard InChI is InChI=1S/C31H27Cl3O2/c32-19-18-30(24-6-12-27(33)13-7-24)31(25-8-14-28(34)15-9-25)26-10-16-29(17-11-26)36-21-20-35-22-23-4-2-1-3-5-23/h1-17H,18-22H2. The van der Waals surface area contributed by atoms with E-state index in [-0.39, 0.29) is 0 Å². The molecular weight excluding hydrogens is 511 g/mol. The fourth-order valence-corrected chi connectivity index (χ4v) is 4.43. The molecule has 0 amide bonds. The molecule has 0 heterocycles. The van der Waals surface area contributed by atoms with Crippen molar-refractivity contribution in [2.24, 2.45) is 0 Å². The Kier molecular flexibility index (Phi) is 9.89. The lowest BCUT2D eigenvalue weighted by Gasteiger charge is -2.17. The van der Waals surface area contributed by atoms with Crippen molar-refractivity contribution in [3.05, 3.63) is 135 Å². The van der Waals surface area contributed by atoms with Crippen LogP contribution in [0.1, 0.15) is 28.7 Å². The van der Waals surface area contributed by atoms with E-state index in [0.29, 0.717) is 42.2 Å². The second kappa shape index (κ2) is 13.5. The average Bonchev–Trinajstić information content (AvgIpc) is 2.91. The summed E-state index contributed by atoms with van der Waals surface area (Å²) in [5.41, 5.74) is 6.62. The first-order valence-corrected chi connectivity index (χ1v) is 13.1. The van der Waals surface area contributed by atoms with Crippen molar-refractivity contribution in [2.45, 2.75) is 13.0 Å². The lowest BCUT2D eigenvalue weighted by molar-refractivity contribution is 0.0889. The Morgan fingerprint density at radius 3 is 1.75 bits per heavy atom. The van der Waals surface area contributed by atoms with Crippen LogP contribution in [-0.4, -0.2) is 19.1 Å². The Balaban J connectivity index is 1.54. The molecule has 36 heavy (non-hydrogen) atoms. The van der Waals surface area contributed by atoms with Crippen molar-refractivity contribution in [2.75, 3.05) is 19.1 Å². The van der Waals surface area contributed by atoms with E-state index < -0.39 is 0 Å². The lowest BCUT2D eigenvalue weighted by atomic mass is 9.88. The molecule has 0 radical (unpaired) electrons. The summed E-state index contributed by atoms with van der Waals surface area (Å²) in [7, 11) is 0. The fourth-order valence-electron chi connectivity index (χ4n) is 3.99. The van der Waals surface area contributed by atoms with E-state index in [2.05, 4.69) is 12.1 Å². The number of hydrogen-bond donors (Lipinski definition) is 0. The van der Waals surface area contributed by atoms with Gasteiger partial charge in [0.05, 0.1) is 13.2 Å². The maximum absolute atomic E-state index is 6.26. The van der Waals surface area contributed by atoms with Gasteiger partial charge in [-0.3, -0.25) is 0 Å². The van der Waals surface area contributed by atoms with Crippen LogP contribution < -0.4 is 4.74 Å². The Morgan fingerprint density at radius 2 is 1.17 bits per heavy atom. The zero-order valence-corrected chi connectivity index (χ0v) is 22.1. The molecule has 0 bridgehead atoms. The molecule has 0 saturated heterocycles. The average molecular weight is 538 g/mol. The first kappa shape index (κ1) is 26.3. The van der Waals surface area contributed by atoms with Crippen molar-refractivity contribution >= 4 is 45.9 Å². The summed E-state index contributed by atoms with van der Waals surface area (Å²) in [4.78, 5) is 0. The number of allylic oxidation sites excluding steroid dienone is 1. The van der Waals surface area contributed by atoms with E-state index in [0.717, 1.165) is 39.1 Å². The lowest BCUT2D eigenvalue weighted by Crippen LogP contribution is -2.06. The summed E-state index contributed by atoms with van der Waals surface area (Å²) in [6, 6.07) is 34.0. The molecule has 0 atom stereocenters. The number of halogens is 3. The van der Waals surface area contributed by atoms with Gasteiger partial charge in [0.25, 0.3) is 0 Å². The molecule has 0 aliphatic carbocycles. The minimum absolute atomic E-state index is 0.480. The minimum atomic E-state index is 0.480. The van der Waals surface area contributed by atoms with Crippen molar-refractivity contribution in [3.8, 4) is 5.75 Å². The highest BCUT2D eigenvalue weighted by molar-refractivity contribution is 6.31. The van der Waals surface area contributed by atoms with Crippen molar-refractivity contribution < 1.29 is 9.47 Å². The van der Waals surface area contributed by atoms with Crippen LogP contribution >= 0.6 is 34.8 Å². The van der Waals surface area contributed by atoms with Crippen molar-refractivity contribution in [1.82, 2.24) is 0 Å². The van der Waals surface area contributed by atoms with Gasteiger partial charge in [0.2, 0.25) is 0 Å². The number of benzene rings is 4. The van der Waals surface area contributed by atoms with E-state index >= 15 is 0 Å². The quantitative estimate of drug-likeness (QED) is 0.108. The number of alkyl halides is 1. The topological polar surface area (TPSA) is 18.5 Å². The zero-order chi connectivity index (χ0) is 25.2. The summed E-state index contributed by atoms with van der Waals surface area (Å²) < 4.78 is 11.6. The van der Waals surface area contributed by atoms with Gasteiger partial charge in [-0.25, -0.2) is 0 Å². The summed E-state index contributed by atoms with van der Waals surface area (Å²) in [6.07, 6.45) is 0.707. The van der Waals surface area contributed by atoms with Gasteiger partial charge in [-0.1, -0.05) is 89.9 Å². The van der Waals surface area contributed by atoms with Gasteiger partial charge in [-0.15, -0.1) is 11.6 Å². The van der Waals surface area contributed by atoms with Crippen LogP contribution in [0.5, 0.6) is 5.75 Å². The fraction of sp³-hybridized carbons (Fsp3) is 0.161. The molecule has 0 aliphatic rings. The predicted molar refractivity (Wildman–Crippen MR) is 152 cm³/mol. The molecule has 4 aromatic carbocycles. The number of hydrogen-bond acceptors (Lipinski definition) is 2. The van der Waals surface area contributed by atoms with Crippen LogP contribution in [0.4, 0.5) is 0 Å². The van der Waals surface area contributed by atoms with Crippen LogP contribution in [0.25, 0.3) is 11.1 Å². The van der Waals surface area contributed by atoms with Gasteiger partial charge in [-0.05, 0) is 76.2 Å². The molecule has 0 unspecified atom stereocenters. The molecule has 0 fully saturated rings. The monoisotopic (exact) mass is 536 g/mol. The predicted octanol–water partition coefficient (Wildman–Crippen LogP) is 9.18. The van der Waals surface area contributed by atoms with E-state index in [4.69, 9.17) is 44.3 Å². The molecule has 5 heteroatoms. The Morgan fingerprint density at radius 1 is 0.611 bits per heavy atom. The Hall–Kier alpha value is -2.75. The van der Waals surface area contributed by atoms with Crippen molar-refractivity contribution in [3.63, 3.8) is 0 Å². The normalized spacial score (nSPS) is 11.8. The molecule has 0 saturated carbocycles. The van der Waals surface area contributed by atoms with Gasteiger partial charge in [0, 0.05) is 15.9 Å². The zero-order valence-electron chi connectivity index (χ0n) is 19.8. The second-order valence-electron chi connectivity index (χ2n) is 8.22. The molecular formula is C31H27Cl3O2. The Bertz CT molecular complexity index is 1250. The summed E-state index contributed by atoms with van der Waals surface area (Å²) in [6.45, 7) is 1.57. The van der Waals surface area contributed by atoms with Gasteiger partial charge in [0.15, 0.2) is 0 Å². The molecule has 0 aromatic heterocycles. The van der Waals surface area contributed by atoms with Gasteiger partial charge in [0.1, 0.15) is 12.4 Å². The smallest absolute Gasteiger partial charge is 0.119 e. The SMILES string of the molecule is ClCCC(=C(c1ccc(Cl)cc1)c1ccc(OCCOCc2ccccc2)cc1)c1ccc(Cl)cc1. The van der Waals surface area contributed by atoms with E-state index in [9.17, 15) is 0 Å². The van der Waals surface area contributed by atoms with Crippen molar-refractivity contribution in [1.29, 1.82) is 0 Å². The van der Waals surface area contributed by atoms with Gasteiger partial charge in [-0.2, -0.15) is 0 Å². The highest BCUT2D eigenvalue weighted by Crippen LogP contribution is 2.36. The van der Waals surface area contributed by atoms with Crippen LogP contribution in [0, 0.1) is 0 Å². The summed E-state index contributed by atoms with van der Waals surface area (Å²) in [5, 5.41) is 1.40. The van der Waals surface area contributed by atoms with Crippen LogP contribution in [0.15, 0.2) is 103 Å². The molecule has 4 aromatic rings. The second-order valence-corrected chi connectivity index (χ2v) is 9.47. The largest absolute Gasteiger partial charge is 0.491 e. The van der Waals surface area contributed by atoms with E-state index in [1.54, 1.807) is 0 Å². The highest BCUT2D eigenvalue weighted by atomic mass is 35.5. The van der Waals surface area contributed by atoms with Crippen LogP contribution in [0.2, 0.25) is 10.0 Å². The minimum Gasteiger partial charge on any atom is -0.491 e. The number of ether oxygens (including phenoxy) is 2. The highest BCUT2D eigenvalue weighted by Gasteiger charge is 2.14. The third-order valence-electron chi connectivity index (χ3n) is 5.72. The molecule has 184 valence electrons. The summed E-state index contributed by atoms with van der Waals surface area (Å²) >= 11 is 18.6. The Labute approximate surface area is 228 Å².